The van der Waals surface area contributed by atoms with Gasteiger partial charge in [-0.05, 0) is 18.3 Å². The lowest BCUT2D eigenvalue weighted by Gasteiger charge is -2.26. The standard InChI is InChI=1S/C12H22N4O/c1-12(2,3)9(13)8-16-11(17)15-7-5-4-6-10(15)14-16/h9H,4-8,13H2,1-3H3. The van der Waals surface area contributed by atoms with Gasteiger partial charge in [0.05, 0.1) is 6.54 Å². The first-order chi connectivity index (χ1) is 7.89. The Kier molecular flexibility index (Phi) is 3.12. The maximum Gasteiger partial charge on any atom is 0.345 e. The van der Waals surface area contributed by atoms with Crippen molar-refractivity contribution in [3.05, 3.63) is 16.3 Å². The predicted octanol–water partition coefficient (Wildman–Crippen LogP) is 0.754. The van der Waals surface area contributed by atoms with Gasteiger partial charge < -0.3 is 5.73 Å². The van der Waals surface area contributed by atoms with Crippen molar-refractivity contribution in [1.82, 2.24) is 14.3 Å². The monoisotopic (exact) mass is 238 g/mol. The Morgan fingerprint density at radius 3 is 2.71 bits per heavy atom. The number of rotatable bonds is 2. The average Bonchev–Trinajstić information content (AvgIpc) is 2.55. The zero-order valence-electron chi connectivity index (χ0n) is 10.9. The fourth-order valence-electron chi connectivity index (χ4n) is 2.03. The van der Waals surface area contributed by atoms with Crippen LogP contribution in [0, 0.1) is 5.41 Å². The number of nitrogens with zero attached hydrogens (tertiary/aromatic N) is 3. The Morgan fingerprint density at radius 2 is 2.12 bits per heavy atom. The topological polar surface area (TPSA) is 65.8 Å². The molecule has 0 aliphatic carbocycles. The molecule has 0 spiro atoms. The summed E-state index contributed by atoms with van der Waals surface area (Å²) in [5, 5.41) is 4.39. The third-order valence-electron chi connectivity index (χ3n) is 3.51. The number of hydrogen-bond donors (Lipinski definition) is 1. The highest BCUT2D eigenvalue weighted by Gasteiger charge is 2.24. The summed E-state index contributed by atoms with van der Waals surface area (Å²) in [7, 11) is 0. The normalized spacial score (nSPS) is 17.9. The number of nitrogens with two attached hydrogens (primary N) is 1. The minimum Gasteiger partial charge on any atom is -0.326 e. The highest BCUT2D eigenvalue weighted by Crippen LogP contribution is 2.18. The molecular weight excluding hydrogens is 216 g/mol. The van der Waals surface area contributed by atoms with E-state index in [1.54, 1.807) is 4.57 Å². The second-order valence-electron chi connectivity index (χ2n) is 5.96. The van der Waals surface area contributed by atoms with E-state index in [2.05, 4.69) is 25.9 Å². The molecule has 5 nitrogen and oxygen atoms in total. The Hall–Kier alpha value is -1.10. The molecule has 0 fully saturated rings. The van der Waals surface area contributed by atoms with Gasteiger partial charge in [0.25, 0.3) is 0 Å². The molecule has 5 heteroatoms. The third kappa shape index (κ3) is 2.44. The molecule has 0 amide bonds. The molecule has 96 valence electrons. The highest BCUT2D eigenvalue weighted by molar-refractivity contribution is 4.92. The summed E-state index contributed by atoms with van der Waals surface area (Å²) in [6.07, 6.45) is 3.11. The lowest BCUT2D eigenvalue weighted by Crippen LogP contribution is -2.41. The fourth-order valence-corrected chi connectivity index (χ4v) is 2.03. The van der Waals surface area contributed by atoms with E-state index in [4.69, 9.17) is 5.73 Å². The van der Waals surface area contributed by atoms with E-state index in [0.29, 0.717) is 6.54 Å². The summed E-state index contributed by atoms with van der Waals surface area (Å²) >= 11 is 0. The van der Waals surface area contributed by atoms with Gasteiger partial charge >= 0.3 is 5.69 Å². The van der Waals surface area contributed by atoms with E-state index >= 15 is 0 Å². The maximum atomic E-state index is 12.1. The van der Waals surface area contributed by atoms with E-state index in [1.165, 1.54) is 4.68 Å². The number of aromatic nitrogens is 3. The lowest BCUT2D eigenvalue weighted by atomic mass is 9.87. The first-order valence-corrected chi connectivity index (χ1v) is 6.31. The van der Waals surface area contributed by atoms with Crippen molar-refractivity contribution >= 4 is 0 Å². The molecule has 2 rings (SSSR count). The fraction of sp³-hybridized carbons (Fsp3) is 0.833. The lowest BCUT2D eigenvalue weighted by molar-refractivity contribution is 0.280. The molecule has 1 unspecified atom stereocenters. The zero-order valence-corrected chi connectivity index (χ0v) is 10.9. The van der Waals surface area contributed by atoms with Crippen LogP contribution < -0.4 is 11.4 Å². The summed E-state index contributed by atoms with van der Waals surface area (Å²) in [6, 6.07) is -0.0582. The van der Waals surface area contributed by atoms with Crippen molar-refractivity contribution in [1.29, 1.82) is 0 Å². The Balaban J connectivity index is 2.23. The van der Waals surface area contributed by atoms with Gasteiger partial charge in [0, 0.05) is 19.0 Å². The van der Waals surface area contributed by atoms with Crippen LogP contribution in [0.2, 0.25) is 0 Å². The third-order valence-corrected chi connectivity index (χ3v) is 3.51. The Labute approximate surface area is 102 Å². The zero-order chi connectivity index (χ0) is 12.6. The molecule has 1 aliphatic rings. The first kappa shape index (κ1) is 12.4. The van der Waals surface area contributed by atoms with Gasteiger partial charge in [0.15, 0.2) is 0 Å². The minimum atomic E-state index is -0.0582. The van der Waals surface area contributed by atoms with Crippen LogP contribution in [-0.4, -0.2) is 20.4 Å². The smallest absolute Gasteiger partial charge is 0.326 e. The van der Waals surface area contributed by atoms with Gasteiger partial charge in [0.2, 0.25) is 0 Å². The second kappa shape index (κ2) is 4.29. The second-order valence-corrected chi connectivity index (χ2v) is 5.96. The van der Waals surface area contributed by atoms with E-state index in [0.717, 1.165) is 31.6 Å². The summed E-state index contributed by atoms with van der Waals surface area (Å²) in [6.45, 7) is 7.55. The molecule has 17 heavy (non-hydrogen) atoms. The number of aryl methyl sites for hydroxylation is 1. The van der Waals surface area contributed by atoms with Crippen molar-refractivity contribution in [2.75, 3.05) is 0 Å². The van der Waals surface area contributed by atoms with Gasteiger partial charge in [-0.2, -0.15) is 5.10 Å². The minimum absolute atomic E-state index is 0.000556. The van der Waals surface area contributed by atoms with Crippen LogP contribution in [0.4, 0.5) is 0 Å². The van der Waals surface area contributed by atoms with Crippen molar-refractivity contribution in [3.63, 3.8) is 0 Å². The van der Waals surface area contributed by atoms with E-state index in [9.17, 15) is 4.79 Å². The van der Waals surface area contributed by atoms with Crippen LogP contribution in [0.15, 0.2) is 4.79 Å². The molecule has 1 aromatic rings. The van der Waals surface area contributed by atoms with Crippen molar-refractivity contribution in [2.45, 2.75) is 59.2 Å². The van der Waals surface area contributed by atoms with Crippen molar-refractivity contribution < 1.29 is 0 Å². The molecule has 1 aliphatic heterocycles. The average molecular weight is 238 g/mol. The highest BCUT2D eigenvalue weighted by atomic mass is 16.2. The van der Waals surface area contributed by atoms with Crippen LogP contribution in [0.25, 0.3) is 0 Å². The van der Waals surface area contributed by atoms with Gasteiger partial charge in [-0.3, -0.25) is 4.57 Å². The summed E-state index contributed by atoms with van der Waals surface area (Å²) in [5.41, 5.74) is 6.09. The largest absolute Gasteiger partial charge is 0.345 e. The molecule has 0 bridgehead atoms. The van der Waals surface area contributed by atoms with Gasteiger partial charge in [-0.25, -0.2) is 9.48 Å². The van der Waals surface area contributed by atoms with Crippen LogP contribution in [0.3, 0.4) is 0 Å². The Morgan fingerprint density at radius 1 is 1.41 bits per heavy atom. The van der Waals surface area contributed by atoms with Gasteiger partial charge in [0.1, 0.15) is 5.82 Å². The molecule has 2 heterocycles. The Bertz CT molecular complexity index is 452. The van der Waals surface area contributed by atoms with E-state index in [-0.39, 0.29) is 17.1 Å². The first-order valence-electron chi connectivity index (χ1n) is 6.31. The molecule has 2 N–H and O–H groups in total. The van der Waals surface area contributed by atoms with Crippen LogP contribution in [0.5, 0.6) is 0 Å². The van der Waals surface area contributed by atoms with E-state index < -0.39 is 0 Å². The van der Waals surface area contributed by atoms with Crippen LogP contribution >= 0.6 is 0 Å². The van der Waals surface area contributed by atoms with Gasteiger partial charge in [-0.15, -0.1) is 0 Å². The molecule has 1 aromatic heterocycles. The molecule has 1 atom stereocenters. The quantitative estimate of drug-likeness (QED) is 0.827. The summed E-state index contributed by atoms with van der Waals surface area (Å²) in [4.78, 5) is 12.1. The van der Waals surface area contributed by atoms with Crippen molar-refractivity contribution in [2.24, 2.45) is 11.1 Å². The maximum absolute atomic E-state index is 12.1. The van der Waals surface area contributed by atoms with Gasteiger partial charge in [-0.1, -0.05) is 20.8 Å². The molecular formula is C12H22N4O. The van der Waals surface area contributed by atoms with Crippen LogP contribution in [0.1, 0.15) is 39.4 Å². The van der Waals surface area contributed by atoms with E-state index in [1.807, 2.05) is 0 Å². The molecule has 0 saturated carbocycles. The molecule has 0 saturated heterocycles. The van der Waals surface area contributed by atoms with Crippen LogP contribution in [-0.2, 0) is 19.5 Å². The summed E-state index contributed by atoms with van der Waals surface area (Å²) < 4.78 is 3.33. The van der Waals surface area contributed by atoms with Crippen molar-refractivity contribution in [3.8, 4) is 0 Å². The number of fused-ring (bicyclic) bond motifs is 1. The number of hydrogen-bond acceptors (Lipinski definition) is 3. The molecule has 0 radical (unpaired) electrons. The molecule has 0 aromatic carbocycles. The summed E-state index contributed by atoms with van der Waals surface area (Å²) in [5.74, 6) is 0.919. The predicted molar refractivity (Wildman–Crippen MR) is 66.9 cm³/mol. The SMILES string of the molecule is CC(C)(C)C(N)Cn1nc2n(c1=O)CCCC2.